The molecule has 0 aliphatic carbocycles. The Morgan fingerprint density at radius 3 is 2.38 bits per heavy atom. The molecule has 1 amide bonds. The zero-order chi connectivity index (χ0) is 15.6. The predicted octanol–water partition coefficient (Wildman–Crippen LogP) is 2.48. The molecule has 1 heterocycles. The minimum absolute atomic E-state index is 0.112. The van der Waals surface area contributed by atoms with Crippen LogP contribution < -0.4 is 0 Å². The maximum absolute atomic E-state index is 12.2. The summed E-state index contributed by atoms with van der Waals surface area (Å²) >= 11 is 0. The lowest BCUT2D eigenvalue weighted by Gasteiger charge is -2.26. The number of carbonyl (C=O) groups excluding carboxylic acids is 2. The average molecular weight is 289 g/mol. The SMILES string of the molecule is CCCCN1C(=O)C(O)=C(C(C)=O)C1c1ccc(O)cc1. The van der Waals surface area contributed by atoms with E-state index in [1.165, 1.54) is 24.0 Å². The number of aromatic hydroxyl groups is 1. The molecule has 112 valence electrons. The summed E-state index contributed by atoms with van der Waals surface area (Å²) in [5.74, 6) is -1.18. The molecule has 0 aromatic heterocycles. The number of aliphatic hydroxyl groups excluding tert-OH is 1. The number of aliphatic hydroxyl groups is 1. The second-order valence-electron chi connectivity index (χ2n) is 5.16. The van der Waals surface area contributed by atoms with Crippen molar-refractivity contribution in [1.82, 2.24) is 4.90 Å². The highest BCUT2D eigenvalue weighted by Gasteiger charge is 2.41. The van der Waals surface area contributed by atoms with E-state index in [4.69, 9.17) is 0 Å². The summed E-state index contributed by atoms with van der Waals surface area (Å²) < 4.78 is 0. The summed E-state index contributed by atoms with van der Waals surface area (Å²) in [6, 6.07) is 5.75. The van der Waals surface area contributed by atoms with Crippen molar-refractivity contribution in [3.63, 3.8) is 0 Å². The number of hydrogen-bond donors (Lipinski definition) is 2. The molecule has 2 N–H and O–H groups in total. The highest BCUT2D eigenvalue weighted by molar-refractivity contribution is 6.08. The molecule has 5 heteroatoms. The Balaban J connectivity index is 2.46. The van der Waals surface area contributed by atoms with Crippen LogP contribution in [0.5, 0.6) is 5.75 Å². The third kappa shape index (κ3) is 2.77. The quantitative estimate of drug-likeness (QED) is 0.873. The zero-order valence-corrected chi connectivity index (χ0v) is 12.2. The Labute approximate surface area is 123 Å². The normalized spacial score (nSPS) is 18.5. The van der Waals surface area contributed by atoms with E-state index >= 15 is 0 Å². The molecule has 1 aromatic carbocycles. The number of carbonyl (C=O) groups is 2. The third-order valence-electron chi connectivity index (χ3n) is 3.64. The summed E-state index contributed by atoms with van der Waals surface area (Å²) in [5.41, 5.74) is 0.827. The standard InChI is InChI=1S/C16H19NO4/c1-3-4-9-17-14(11-5-7-12(19)8-6-11)13(10(2)18)15(20)16(17)21/h5-8,14,19-20H,3-4,9H2,1-2H3. The first-order valence-corrected chi connectivity index (χ1v) is 7.01. The van der Waals surface area contributed by atoms with Gasteiger partial charge in [-0.2, -0.15) is 0 Å². The van der Waals surface area contributed by atoms with Crippen LogP contribution in [-0.2, 0) is 9.59 Å². The number of unbranched alkanes of at least 4 members (excludes halogenated alkanes) is 1. The van der Waals surface area contributed by atoms with Gasteiger partial charge in [-0.1, -0.05) is 25.5 Å². The lowest BCUT2D eigenvalue weighted by molar-refractivity contribution is -0.129. The van der Waals surface area contributed by atoms with Crippen LogP contribution in [0.3, 0.4) is 0 Å². The van der Waals surface area contributed by atoms with Gasteiger partial charge in [-0.25, -0.2) is 0 Å². The van der Waals surface area contributed by atoms with Crippen LogP contribution in [0, 0.1) is 0 Å². The summed E-state index contributed by atoms with van der Waals surface area (Å²) in [7, 11) is 0. The number of benzene rings is 1. The maximum atomic E-state index is 12.2. The van der Waals surface area contributed by atoms with Gasteiger partial charge in [-0.05, 0) is 31.0 Å². The van der Waals surface area contributed by atoms with Crippen LogP contribution in [0.4, 0.5) is 0 Å². The summed E-state index contributed by atoms with van der Waals surface area (Å²) in [4.78, 5) is 25.5. The van der Waals surface area contributed by atoms with Gasteiger partial charge in [-0.3, -0.25) is 9.59 Å². The number of Topliss-reactive ketones (excluding diaryl/α,β-unsaturated/α-hetero) is 1. The van der Waals surface area contributed by atoms with Gasteiger partial charge in [0, 0.05) is 6.54 Å². The molecule has 1 aromatic rings. The van der Waals surface area contributed by atoms with Crippen LogP contribution in [0.15, 0.2) is 35.6 Å². The van der Waals surface area contributed by atoms with Gasteiger partial charge >= 0.3 is 0 Å². The molecular weight excluding hydrogens is 270 g/mol. The Morgan fingerprint density at radius 1 is 1.24 bits per heavy atom. The smallest absolute Gasteiger partial charge is 0.290 e. The molecule has 1 unspecified atom stereocenters. The van der Waals surface area contributed by atoms with Crippen LogP contribution in [0.2, 0.25) is 0 Å². The van der Waals surface area contributed by atoms with E-state index in [-0.39, 0.29) is 17.1 Å². The van der Waals surface area contributed by atoms with Crippen molar-refractivity contribution >= 4 is 11.7 Å². The molecule has 1 atom stereocenters. The van der Waals surface area contributed by atoms with Crippen LogP contribution in [0.25, 0.3) is 0 Å². The van der Waals surface area contributed by atoms with E-state index in [9.17, 15) is 19.8 Å². The van der Waals surface area contributed by atoms with E-state index in [2.05, 4.69) is 0 Å². The summed E-state index contributed by atoms with van der Waals surface area (Å²) in [6.07, 6.45) is 1.70. The van der Waals surface area contributed by atoms with Crippen molar-refractivity contribution < 1.29 is 19.8 Å². The van der Waals surface area contributed by atoms with Gasteiger partial charge in [0.05, 0.1) is 11.6 Å². The number of phenols is 1. The van der Waals surface area contributed by atoms with Crippen molar-refractivity contribution in [2.75, 3.05) is 6.54 Å². The van der Waals surface area contributed by atoms with E-state index < -0.39 is 17.7 Å². The molecular formula is C16H19NO4. The minimum Gasteiger partial charge on any atom is -0.508 e. The highest BCUT2D eigenvalue weighted by atomic mass is 16.3. The first-order valence-electron chi connectivity index (χ1n) is 7.01. The van der Waals surface area contributed by atoms with Crippen LogP contribution >= 0.6 is 0 Å². The van der Waals surface area contributed by atoms with Gasteiger partial charge in [0.15, 0.2) is 11.5 Å². The number of hydrogen-bond acceptors (Lipinski definition) is 4. The van der Waals surface area contributed by atoms with Crippen molar-refractivity contribution in [3.8, 4) is 5.75 Å². The van der Waals surface area contributed by atoms with Gasteiger partial charge in [-0.15, -0.1) is 0 Å². The molecule has 1 aliphatic heterocycles. The highest BCUT2D eigenvalue weighted by Crippen LogP contribution is 2.38. The second kappa shape index (κ2) is 5.99. The fourth-order valence-corrected chi connectivity index (χ4v) is 2.58. The molecule has 0 fully saturated rings. The summed E-state index contributed by atoms with van der Waals surface area (Å²) in [5, 5.41) is 19.4. The van der Waals surface area contributed by atoms with Crippen molar-refractivity contribution in [2.24, 2.45) is 0 Å². The molecule has 0 radical (unpaired) electrons. The molecule has 1 aliphatic rings. The van der Waals surface area contributed by atoms with Crippen molar-refractivity contribution in [2.45, 2.75) is 32.7 Å². The summed E-state index contributed by atoms with van der Waals surface area (Å²) in [6.45, 7) is 3.83. The molecule has 0 spiro atoms. The van der Waals surface area contributed by atoms with Crippen molar-refractivity contribution in [3.05, 3.63) is 41.2 Å². The van der Waals surface area contributed by atoms with Crippen molar-refractivity contribution in [1.29, 1.82) is 0 Å². The Morgan fingerprint density at radius 2 is 1.86 bits per heavy atom. The maximum Gasteiger partial charge on any atom is 0.290 e. The Kier molecular flexibility index (Phi) is 4.31. The minimum atomic E-state index is -0.581. The van der Waals surface area contributed by atoms with E-state index in [1.54, 1.807) is 12.1 Å². The predicted molar refractivity (Wildman–Crippen MR) is 77.8 cm³/mol. The van der Waals surface area contributed by atoms with Crippen LogP contribution in [-0.4, -0.2) is 33.3 Å². The zero-order valence-electron chi connectivity index (χ0n) is 12.2. The van der Waals surface area contributed by atoms with E-state index in [1.807, 2.05) is 6.92 Å². The fraction of sp³-hybridized carbons (Fsp3) is 0.375. The average Bonchev–Trinajstić information content (AvgIpc) is 2.70. The molecule has 2 rings (SSSR count). The van der Waals surface area contributed by atoms with Gasteiger partial charge in [0.1, 0.15) is 5.75 Å². The third-order valence-corrected chi connectivity index (χ3v) is 3.64. The molecule has 0 bridgehead atoms. The Hall–Kier alpha value is -2.30. The molecule has 0 saturated heterocycles. The number of rotatable bonds is 5. The van der Waals surface area contributed by atoms with Gasteiger partial charge in [0.2, 0.25) is 0 Å². The largest absolute Gasteiger partial charge is 0.508 e. The van der Waals surface area contributed by atoms with Crippen LogP contribution in [0.1, 0.15) is 38.3 Å². The van der Waals surface area contributed by atoms with E-state index in [0.29, 0.717) is 12.1 Å². The fourth-order valence-electron chi connectivity index (χ4n) is 2.58. The lowest BCUT2D eigenvalue weighted by atomic mass is 9.96. The first-order chi connectivity index (χ1) is 9.97. The number of nitrogens with zero attached hydrogens (tertiary/aromatic N) is 1. The second-order valence-corrected chi connectivity index (χ2v) is 5.16. The Bertz CT molecular complexity index is 589. The topological polar surface area (TPSA) is 77.8 Å². The van der Waals surface area contributed by atoms with Gasteiger partial charge < -0.3 is 15.1 Å². The number of phenolic OH excluding ortho intramolecular Hbond substituents is 1. The molecule has 0 saturated carbocycles. The first kappa shape index (κ1) is 15.1. The lowest BCUT2D eigenvalue weighted by Crippen LogP contribution is -2.31. The molecule has 5 nitrogen and oxygen atoms in total. The van der Waals surface area contributed by atoms with E-state index in [0.717, 1.165) is 12.8 Å². The molecule has 21 heavy (non-hydrogen) atoms. The van der Waals surface area contributed by atoms with Gasteiger partial charge in [0.25, 0.3) is 5.91 Å². The number of amides is 1. The monoisotopic (exact) mass is 289 g/mol. The number of ketones is 1.